The first-order valence-electron chi connectivity index (χ1n) is 11.1. The topological polar surface area (TPSA) is 99.0 Å². The van der Waals surface area contributed by atoms with Gasteiger partial charge in [-0.3, -0.25) is 14.3 Å². The van der Waals surface area contributed by atoms with Crippen LogP contribution in [0.2, 0.25) is 0 Å². The number of rotatable bonds is 7. The fraction of sp³-hybridized carbons (Fsp3) is 0.417. The molecule has 1 atom stereocenters. The average molecular weight is 435 g/mol. The van der Waals surface area contributed by atoms with Gasteiger partial charge < -0.3 is 10.6 Å². The summed E-state index contributed by atoms with van der Waals surface area (Å²) in [4.78, 5) is 27.5. The van der Waals surface area contributed by atoms with Gasteiger partial charge in [0.1, 0.15) is 5.82 Å². The molecule has 1 amide bonds. The molecule has 8 nitrogen and oxygen atoms in total. The van der Waals surface area contributed by atoms with Crippen LogP contribution in [-0.2, 0) is 11.3 Å². The molecule has 3 heterocycles. The number of nitrogens with two attached hydrogens (primary N) is 1. The van der Waals surface area contributed by atoms with E-state index in [9.17, 15) is 9.59 Å². The number of hydrogen-bond donors (Lipinski definition) is 1. The summed E-state index contributed by atoms with van der Waals surface area (Å²) in [5, 5.41) is 8.76. The Hall–Kier alpha value is -3.42. The number of aromatic nitrogens is 4. The van der Waals surface area contributed by atoms with E-state index in [0.29, 0.717) is 37.3 Å². The highest BCUT2D eigenvalue weighted by Gasteiger charge is 2.33. The molecule has 1 aromatic carbocycles. The van der Waals surface area contributed by atoms with E-state index in [2.05, 4.69) is 10.2 Å². The maximum Gasteiger partial charge on any atom is 0.222 e. The normalized spacial score (nSPS) is 16.0. The Morgan fingerprint density at radius 3 is 2.59 bits per heavy atom. The molecule has 8 heteroatoms. The van der Waals surface area contributed by atoms with E-state index >= 15 is 0 Å². The highest BCUT2D eigenvalue weighted by Crippen LogP contribution is 2.26. The monoisotopic (exact) mass is 434 g/mol. The lowest BCUT2D eigenvalue weighted by molar-refractivity contribution is -0.130. The number of ketones is 1. The molecule has 1 aliphatic rings. The maximum atomic E-state index is 13.1. The van der Waals surface area contributed by atoms with Gasteiger partial charge in [0, 0.05) is 37.7 Å². The van der Waals surface area contributed by atoms with Crippen LogP contribution in [0, 0.1) is 26.7 Å². The first-order chi connectivity index (χ1) is 15.3. The Morgan fingerprint density at radius 2 is 1.91 bits per heavy atom. The minimum atomic E-state index is -0.243. The van der Waals surface area contributed by atoms with Crippen molar-refractivity contribution in [2.45, 2.75) is 46.6 Å². The van der Waals surface area contributed by atoms with Crippen molar-refractivity contribution in [3.63, 3.8) is 0 Å². The molecule has 0 radical (unpaired) electrons. The van der Waals surface area contributed by atoms with Gasteiger partial charge in [0.25, 0.3) is 0 Å². The van der Waals surface area contributed by atoms with Gasteiger partial charge in [-0.1, -0.05) is 17.7 Å². The zero-order chi connectivity index (χ0) is 22.8. The number of nitrogens with zero attached hydrogens (tertiary/aromatic N) is 5. The highest BCUT2D eigenvalue weighted by molar-refractivity contribution is 6.02. The first-order valence-corrected chi connectivity index (χ1v) is 11.1. The van der Waals surface area contributed by atoms with Crippen molar-refractivity contribution in [2.24, 2.45) is 5.92 Å². The largest absolute Gasteiger partial charge is 0.383 e. The molecule has 1 saturated heterocycles. The number of carbonyl (C=O) groups is 2. The molecule has 32 heavy (non-hydrogen) atoms. The molecule has 0 aliphatic carbocycles. The predicted octanol–water partition coefficient (Wildman–Crippen LogP) is 3.09. The molecule has 0 unspecified atom stereocenters. The average Bonchev–Trinajstić information content (AvgIpc) is 3.47. The first kappa shape index (κ1) is 21.8. The molecule has 168 valence electrons. The van der Waals surface area contributed by atoms with Gasteiger partial charge in [0.2, 0.25) is 5.91 Å². The van der Waals surface area contributed by atoms with E-state index in [1.165, 1.54) is 6.20 Å². The number of aryl methyl sites for hydroxylation is 4. The Labute approximate surface area is 188 Å². The SMILES string of the molecule is Cc1ccc(-n2ncc(C(=O)[C@H]3CCN(C(=O)CCCn4nc(C)cc4C)C3)c2N)cc1. The smallest absolute Gasteiger partial charge is 0.222 e. The second-order valence-electron chi connectivity index (χ2n) is 8.63. The minimum absolute atomic E-state index is 0.0428. The van der Waals surface area contributed by atoms with E-state index < -0.39 is 0 Å². The van der Waals surface area contributed by atoms with Crippen molar-refractivity contribution in [3.8, 4) is 5.69 Å². The Balaban J connectivity index is 1.34. The van der Waals surface area contributed by atoms with Gasteiger partial charge in [-0.25, -0.2) is 4.68 Å². The number of benzene rings is 1. The van der Waals surface area contributed by atoms with Crippen LogP contribution < -0.4 is 5.73 Å². The highest BCUT2D eigenvalue weighted by atomic mass is 16.2. The molecule has 4 rings (SSSR count). The van der Waals surface area contributed by atoms with Crippen LogP contribution in [0.5, 0.6) is 0 Å². The zero-order valence-corrected chi connectivity index (χ0v) is 18.9. The summed E-state index contributed by atoms with van der Waals surface area (Å²) in [5.74, 6) is 0.144. The third-order valence-electron chi connectivity index (χ3n) is 6.13. The van der Waals surface area contributed by atoms with Crippen LogP contribution >= 0.6 is 0 Å². The number of Topliss-reactive ketones (excluding diaryl/α,β-unsaturated/α-hetero) is 1. The standard InChI is InChI=1S/C24H30N6O2/c1-16-6-8-20(9-7-16)30-24(25)21(14-26-30)23(32)19-10-12-28(15-19)22(31)5-4-11-29-18(3)13-17(2)27-29/h6-9,13-14,19H,4-5,10-12,15,25H2,1-3H3/t19-/m0/s1. The van der Waals surface area contributed by atoms with E-state index in [4.69, 9.17) is 5.73 Å². The summed E-state index contributed by atoms with van der Waals surface area (Å²) < 4.78 is 3.52. The molecule has 1 fully saturated rings. The van der Waals surface area contributed by atoms with Crippen molar-refractivity contribution in [2.75, 3.05) is 18.8 Å². The van der Waals surface area contributed by atoms with Crippen molar-refractivity contribution >= 4 is 17.5 Å². The summed E-state index contributed by atoms with van der Waals surface area (Å²) in [6, 6.07) is 9.84. The molecule has 2 N–H and O–H groups in total. The van der Waals surface area contributed by atoms with Gasteiger partial charge in [-0.2, -0.15) is 10.2 Å². The van der Waals surface area contributed by atoms with Crippen LogP contribution in [0.15, 0.2) is 36.5 Å². The number of carbonyl (C=O) groups excluding carboxylic acids is 2. The Bertz CT molecular complexity index is 1130. The minimum Gasteiger partial charge on any atom is -0.383 e. The Kier molecular flexibility index (Phi) is 6.12. The number of anilines is 1. The van der Waals surface area contributed by atoms with Gasteiger partial charge in [-0.05, 0) is 51.8 Å². The molecule has 0 saturated carbocycles. The predicted molar refractivity (Wildman–Crippen MR) is 123 cm³/mol. The van der Waals surface area contributed by atoms with Crippen LogP contribution in [0.3, 0.4) is 0 Å². The number of likely N-dealkylation sites (tertiary alicyclic amines) is 1. The lowest BCUT2D eigenvalue weighted by Crippen LogP contribution is -2.30. The molecular formula is C24H30N6O2. The van der Waals surface area contributed by atoms with E-state index in [-0.39, 0.29) is 17.6 Å². The lowest BCUT2D eigenvalue weighted by Gasteiger charge is -2.16. The fourth-order valence-electron chi connectivity index (χ4n) is 4.30. The van der Waals surface area contributed by atoms with Gasteiger partial charge in [0.05, 0.1) is 23.1 Å². The van der Waals surface area contributed by atoms with Crippen molar-refractivity contribution < 1.29 is 9.59 Å². The van der Waals surface area contributed by atoms with Gasteiger partial charge in [-0.15, -0.1) is 0 Å². The molecule has 3 aromatic rings. The van der Waals surface area contributed by atoms with Crippen LogP contribution in [0.25, 0.3) is 5.69 Å². The fourth-order valence-corrected chi connectivity index (χ4v) is 4.30. The van der Waals surface area contributed by atoms with Crippen LogP contribution in [0.4, 0.5) is 5.82 Å². The molecule has 0 bridgehead atoms. The summed E-state index contributed by atoms with van der Waals surface area (Å²) in [6.45, 7) is 7.75. The van der Waals surface area contributed by atoms with Crippen LogP contribution in [-0.4, -0.2) is 49.2 Å². The third-order valence-corrected chi connectivity index (χ3v) is 6.13. The van der Waals surface area contributed by atoms with E-state index in [0.717, 1.165) is 35.6 Å². The number of amides is 1. The van der Waals surface area contributed by atoms with E-state index in [1.54, 1.807) is 9.58 Å². The molecule has 0 spiro atoms. The zero-order valence-electron chi connectivity index (χ0n) is 18.9. The quantitative estimate of drug-likeness (QED) is 0.576. The summed E-state index contributed by atoms with van der Waals surface area (Å²) in [7, 11) is 0. The molecule has 2 aromatic heterocycles. The number of hydrogen-bond acceptors (Lipinski definition) is 5. The molecular weight excluding hydrogens is 404 g/mol. The summed E-state index contributed by atoms with van der Waals surface area (Å²) >= 11 is 0. The summed E-state index contributed by atoms with van der Waals surface area (Å²) in [5.41, 5.74) is 10.7. The second kappa shape index (κ2) is 8.98. The Morgan fingerprint density at radius 1 is 1.16 bits per heavy atom. The maximum absolute atomic E-state index is 13.1. The summed E-state index contributed by atoms with van der Waals surface area (Å²) in [6.07, 6.45) is 3.37. The third kappa shape index (κ3) is 4.44. The van der Waals surface area contributed by atoms with Crippen molar-refractivity contribution in [3.05, 3.63) is 59.0 Å². The van der Waals surface area contributed by atoms with E-state index in [1.807, 2.05) is 55.8 Å². The van der Waals surface area contributed by atoms with Gasteiger partial charge >= 0.3 is 0 Å². The van der Waals surface area contributed by atoms with Crippen molar-refractivity contribution in [1.29, 1.82) is 0 Å². The van der Waals surface area contributed by atoms with Gasteiger partial charge in [0.15, 0.2) is 5.78 Å². The van der Waals surface area contributed by atoms with Crippen LogP contribution in [0.1, 0.15) is 46.6 Å². The van der Waals surface area contributed by atoms with Crippen molar-refractivity contribution in [1.82, 2.24) is 24.5 Å². The lowest BCUT2D eigenvalue weighted by atomic mass is 9.98. The molecule has 1 aliphatic heterocycles. The second-order valence-corrected chi connectivity index (χ2v) is 8.63. The number of nitrogen functional groups attached to an aromatic ring is 1.